The lowest BCUT2D eigenvalue weighted by Gasteiger charge is -2.45. The van der Waals surface area contributed by atoms with Crippen molar-refractivity contribution < 1.29 is 4.79 Å². The Bertz CT molecular complexity index is 240. The predicted octanol–water partition coefficient (Wildman–Crippen LogP) is 0.310. The van der Waals surface area contributed by atoms with Crippen molar-refractivity contribution in [1.82, 2.24) is 4.90 Å². The summed E-state index contributed by atoms with van der Waals surface area (Å²) in [6, 6.07) is 0.336. The van der Waals surface area contributed by atoms with E-state index in [0.29, 0.717) is 12.6 Å². The van der Waals surface area contributed by atoms with Gasteiger partial charge < -0.3 is 11.5 Å². The molecule has 2 unspecified atom stereocenters. The van der Waals surface area contributed by atoms with Crippen LogP contribution in [0, 0.1) is 5.41 Å². The maximum absolute atomic E-state index is 11.1. The molecule has 4 N–H and O–H groups in total. The van der Waals surface area contributed by atoms with Crippen molar-refractivity contribution in [3.63, 3.8) is 0 Å². The largest absolute Gasteiger partial charge is 0.368 e. The second-order valence-corrected chi connectivity index (χ2v) is 5.37. The van der Waals surface area contributed by atoms with E-state index < -0.39 is 0 Å². The van der Waals surface area contributed by atoms with Crippen LogP contribution in [0.15, 0.2) is 0 Å². The first kappa shape index (κ1) is 12.5. The maximum Gasteiger partial charge on any atom is 0.234 e. The van der Waals surface area contributed by atoms with Crippen LogP contribution in [0.4, 0.5) is 0 Å². The number of likely N-dealkylation sites (tertiary alicyclic amines) is 1. The van der Waals surface area contributed by atoms with Crippen molar-refractivity contribution >= 4 is 5.91 Å². The second-order valence-electron chi connectivity index (χ2n) is 5.37. The summed E-state index contributed by atoms with van der Waals surface area (Å²) < 4.78 is 0. The number of amides is 1. The number of nitrogens with zero attached hydrogens (tertiary/aromatic N) is 1. The first-order valence-corrected chi connectivity index (χ1v) is 5.62. The minimum atomic E-state index is -0.196. The average Bonchev–Trinajstić information content (AvgIpc) is 1.99. The van der Waals surface area contributed by atoms with Crippen molar-refractivity contribution in [2.75, 3.05) is 13.1 Å². The Labute approximate surface area is 92.0 Å². The van der Waals surface area contributed by atoms with Gasteiger partial charge in [-0.25, -0.2) is 0 Å². The molecule has 1 aliphatic heterocycles. The van der Waals surface area contributed by atoms with Gasteiger partial charge in [-0.05, 0) is 31.7 Å². The van der Waals surface area contributed by atoms with Crippen LogP contribution in [0.3, 0.4) is 0 Å². The Balaban J connectivity index is 2.48. The van der Waals surface area contributed by atoms with Crippen LogP contribution in [0.1, 0.15) is 33.6 Å². The Morgan fingerprint density at radius 3 is 2.53 bits per heavy atom. The minimum absolute atomic E-state index is 0.0476. The van der Waals surface area contributed by atoms with Gasteiger partial charge in [0.2, 0.25) is 5.91 Å². The van der Waals surface area contributed by atoms with E-state index in [1.165, 1.54) is 0 Å². The van der Waals surface area contributed by atoms with Gasteiger partial charge in [0.25, 0.3) is 0 Å². The van der Waals surface area contributed by atoms with Gasteiger partial charge in [-0.2, -0.15) is 0 Å². The molecule has 4 nitrogen and oxygen atoms in total. The number of hydrogen-bond donors (Lipinski definition) is 2. The van der Waals surface area contributed by atoms with E-state index in [2.05, 4.69) is 25.7 Å². The zero-order valence-corrected chi connectivity index (χ0v) is 9.99. The van der Waals surface area contributed by atoms with Gasteiger partial charge in [-0.3, -0.25) is 9.69 Å². The summed E-state index contributed by atoms with van der Waals surface area (Å²) in [7, 11) is 0. The molecule has 4 heteroatoms. The lowest BCUT2D eigenvalue weighted by molar-refractivity contribution is -0.129. The molecule has 1 rings (SSSR count). The summed E-state index contributed by atoms with van der Waals surface area (Å²) in [5.74, 6) is -0.196. The smallest absolute Gasteiger partial charge is 0.234 e. The Kier molecular flexibility index (Phi) is 3.73. The number of nitrogens with two attached hydrogens (primary N) is 2. The number of carbonyl (C=O) groups excluding carboxylic acids is 1. The first-order valence-electron chi connectivity index (χ1n) is 5.62. The van der Waals surface area contributed by atoms with Crippen molar-refractivity contribution in [3.05, 3.63) is 0 Å². The lowest BCUT2D eigenvalue weighted by atomic mass is 9.84. The van der Waals surface area contributed by atoms with Gasteiger partial charge in [-0.15, -0.1) is 0 Å². The van der Waals surface area contributed by atoms with E-state index in [1.54, 1.807) is 0 Å². The summed E-state index contributed by atoms with van der Waals surface area (Å²) in [5, 5.41) is 0. The molecule has 15 heavy (non-hydrogen) atoms. The molecule has 0 aromatic heterocycles. The number of carbonyl (C=O) groups is 1. The Hall–Kier alpha value is -0.610. The molecular formula is C11H23N3O. The molecule has 0 aromatic carbocycles. The highest BCUT2D eigenvalue weighted by Gasteiger charge is 2.37. The van der Waals surface area contributed by atoms with E-state index in [1.807, 2.05) is 0 Å². The molecule has 1 aliphatic rings. The average molecular weight is 213 g/mol. The predicted molar refractivity (Wildman–Crippen MR) is 61.2 cm³/mol. The van der Waals surface area contributed by atoms with Crippen molar-refractivity contribution in [3.8, 4) is 0 Å². The van der Waals surface area contributed by atoms with Crippen LogP contribution in [-0.2, 0) is 4.79 Å². The van der Waals surface area contributed by atoms with Gasteiger partial charge in [0, 0.05) is 12.6 Å². The molecule has 0 aromatic rings. The summed E-state index contributed by atoms with van der Waals surface area (Å²) in [4.78, 5) is 13.3. The third kappa shape index (κ3) is 2.92. The monoisotopic (exact) mass is 213 g/mol. The van der Waals surface area contributed by atoms with Crippen LogP contribution >= 0.6 is 0 Å². The molecule has 1 fully saturated rings. The van der Waals surface area contributed by atoms with E-state index in [4.69, 9.17) is 11.5 Å². The molecule has 0 bridgehead atoms. The zero-order chi connectivity index (χ0) is 11.6. The molecule has 0 saturated carbocycles. The fraction of sp³-hybridized carbons (Fsp3) is 0.909. The number of hydrogen-bond acceptors (Lipinski definition) is 3. The van der Waals surface area contributed by atoms with Crippen LogP contribution < -0.4 is 11.5 Å². The standard InChI is InChI=1S/C11H23N3O/c1-8(6-11(2,3)7-12)14-5-4-9(14)10(13)15/h8-9H,4-7,12H2,1-3H3,(H2,13,15). The molecule has 0 aliphatic carbocycles. The van der Waals surface area contributed by atoms with E-state index in [9.17, 15) is 4.79 Å². The van der Waals surface area contributed by atoms with E-state index >= 15 is 0 Å². The zero-order valence-electron chi connectivity index (χ0n) is 9.99. The molecule has 1 heterocycles. The van der Waals surface area contributed by atoms with Crippen LogP contribution in [0.25, 0.3) is 0 Å². The summed E-state index contributed by atoms with van der Waals surface area (Å²) in [6.07, 6.45) is 1.91. The summed E-state index contributed by atoms with van der Waals surface area (Å²) in [6.45, 7) is 8.11. The topological polar surface area (TPSA) is 72.3 Å². The van der Waals surface area contributed by atoms with Crippen molar-refractivity contribution in [2.24, 2.45) is 16.9 Å². The van der Waals surface area contributed by atoms with E-state index in [-0.39, 0.29) is 17.4 Å². The maximum atomic E-state index is 11.1. The van der Waals surface area contributed by atoms with Gasteiger partial charge >= 0.3 is 0 Å². The minimum Gasteiger partial charge on any atom is -0.368 e. The molecule has 0 radical (unpaired) electrons. The fourth-order valence-corrected chi connectivity index (χ4v) is 2.24. The fourth-order valence-electron chi connectivity index (χ4n) is 2.24. The molecule has 2 atom stereocenters. The molecule has 1 saturated heterocycles. The number of primary amides is 1. The Morgan fingerprint density at radius 2 is 2.20 bits per heavy atom. The molecule has 1 amide bonds. The summed E-state index contributed by atoms with van der Waals surface area (Å²) >= 11 is 0. The normalized spacial score (nSPS) is 24.7. The van der Waals surface area contributed by atoms with Crippen molar-refractivity contribution in [1.29, 1.82) is 0 Å². The third-order valence-electron chi connectivity index (χ3n) is 3.36. The van der Waals surface area contributed by atoms with Crippen molar-refractivity contribution in [2.45, 2.75) is 45.7 Å². The van der Waals surface area contributed by atoms with Gasteiger partial charge in [0.1, 0.15) is 0 Å². The molecule has 88 valence electrons. The third-order valence-corrected chi connectivity index (χ3v) is 3.36. The highest BCUT2D eigenvalue weighted by Crippen LogP contribution is 2.28. The van der Waals surface area contributed by atoms with Crippen LogP contribution in [-0.4, -0.2) is 36.0 Å². The molecule has 0 spiro atoms. The lowest BCUT2D eigenvalue weighted by Crippen LogP contribution is -2.58. The highest BCUT2D eigenvalue weighted by atomic mass is 16.1. The number of rotatable bonds is 5. The van der Waals surface area contributed by atoms with Crippen LogP contribution in [0.5, 0.6) is 0 Å². The Morgan fingerprint density at radius 1 is 1.60 bits per heavy atom. The van der Waals surface area contributed by atoms with E-state index in [0.717, 1.165) is 19.4 Å². The highest BCUT2D eigenvalue weighted by molar-refractivity contribution is 5.80. The molecular weight excluding hydrogens is 190 g/mol. The van der Waals surface area contributed by atoms with Gasteiger partial charge in [-0.1, -0.05) is 13.8 Å². The quantitative estimate of drug-likeness (QED) is 0.690. The SMILES string of the molecule is CC(CC(C)(C)CN)N1CCC1C(N)=O. The second kappa shape index (κ2) is 4.49. The first-order chi connectivity index (χ1) is 6.87. The summed E-state index contributed by atoms with van der Waals surface area (Å²) in [5.41, 5.74) is 11.2. The van der Waals surface area contributed by atoms with Gasteiger partial charge in [0.15, 0.2) is 0 Å². The van der Waals surface area contributed by atoms with Crippen LogP contribution in [0.2, 0.25) is 0 Å². The van der Waals surface area contributed by atoms with Gasteiger partial charge in [0.05, 0.1) is 6.04 Å².